The van der Waals surface area contributed by atoms with Crippen LogP contribution in [0.5, 0.6) is 5.75 Å². The lowest BCUT2D eigenvalue weighted by Gasteiger charge is -2.09. The van der Waals surface area contributed by atoms with Gasteiger partial charge in [-0.05, 0) is 49.2 Å². The summed E-state index contributed by atoms with van der Waals surface area (Å²) in [5.74, 6) is 1.35. The minimum atomic E-state index is -0.430. The van der Waals surface area contributed by atoms with Gasteiger partial charge >= 0.3 is 0 Å². The number of aryl methyl sites for hydroxylation is 3. The zero-order valence-electron chi connectivity index (χ0n) is 16.5. The highest BCUT2D eigenvalue weighted by Crippen LogP contribution is 2.22. The number of carbonyl (C=O) groups is 2. The number of hydrogen-bond acceptors (Lipinski definition) is 4. The Morgan fingerprint density at radius 2 is 1.66 bits per heavy atom. The maximum atomic E-state index is 11.9. The second kappa shape index (κ2) is 9.59. The van der Waals surface area contributed by atoms with E-state index in [1.54, 1.807) is 6.07 Å². The number of nitrogens with one attached hydrogen (secondary N) is 2. The quantitative estimate of drug-likeness (QED) is 0.601. The number of ether oxygens (including phenoxy) is 1. The molecule has 6 nitrogen and oxygen atoms in total. The van der Waals surface area contributed by atoms with Crippen molar-refractivity contribution in [2.24, 2.45) is 0 Å². The van der Waals surface area contributed by atoms with Crippen molar-refractivity contribution < 1.29 is 18.7 Å². The Labute approximate surface area is 169 Å². The monoisotopic (exact) mass is 392 g/mol. The van der Waals surface area contributed by atoms with Crippen LogP contribution in [0, 0.1) is 13.8 Å². The van der Waals surface area contributed by atoms with E-state index in [9.17, 15) is 9.59 Å². The molecule has 29 heavy (non-hydrogen) atoms. The van der Waals surface area contributed by atoms with Gasteiger partial charge in [0.1, 0.15) is 17.3 Å². The van der Waals surface area contributed by atoms with Gasteiger partial charge in [0, 0.05) is 18.4 Å². The van der Waals surface area contributed by atoms with Gasteiger partial charge in [-0.3, -0.25) is 20.4 Å². The molecule has 0 aliphatic rings. The van der Waals surface area contributed by atoms with Crippen LogP contribution in [-0.4, -0.2) is 18.4 Å². The predicted octanol–water partition coefficient (Wildman–Crippen LogP) is 3.72. The zero-order valence-corrected chi connectivity index (χ0v) is 16.5. The van der Waals surface area contributed by atoms with E-state index in [0.29, 0.717) is 17.9 Å². The molecule has 1 aromatic heterocycles. The van der Waals surface area contributed by atoms with Gasteiger partial charge < -0.3 is 9.15 Å². The van der Waals surface area contributed by atoms with E-state index in [1.165, 1.54) is 0 Å². The van der Waals surface area contributed by atoms with E-state index < -0.39 is 5.91 Å². The molecule has 0 unspecified atom stereocenters. The molecule has 2 aromatic carbocycles. The van der Waals surface area contributed by atoms with Crippen LogP contribution in [0.15, 0.2) is 65.1 Å². The van der Waals surface area contributed by atoms with Crippen LogP contribution in [0.25, 0.3) is 11.3 Å². The van der Waals surface area contributed by atoms with E-state index in [2.05, 4.69) is 10.9 Å². The molecule has 2 amide bonds. The Hall–Kier alpha value is -3.54. The van der Waals surface area contributed by atoms with Gasteiger partial charge in [-0.15, -0.1) is 0 Å². The lowest BCUT2D eigenvalue weighted by atomic mass is 10.1. The second-order valence-corrected chi connectivity index (χ2v) is 6.76. The Bertz CT molecular complexity index is 980. The zero-order chi connectivity index (χ0) is 20.6. The average Bonchev–Trinajstić information content (AvgIpc) is 3.21. The fourth-order valence-electron chi connectivity index (χ4n) is 2.70. The molecule has 0 bridgehead atoms. The molecule has 1 heterocycles. The standard InChI is InChI=1S/C23H24N2O4/c1-16-8-9-20(14-17(16)2)28-15-23(27)25-24-22(26)13-11-19-10-12-21(29-19)18-6-4-3-5-7-18/h3-10,12,14H,11,13,15H2,1-2H3,(H,24,26)(H,25,27). The third-order valence-electron chi connectivity index (χ3n) is 4.51. The van der Waals surface area contributed by atoms with Crippen molar-refractivity contribution in [3.63, 3.8) is 0 Å². The van der Waals surface area contributed by atoms with Crippen LogP contribution in [0.1, 0.15) is 23.3 Å². The summed E-state index contributed by atoms with van der Waals surface area (Å²) in [6.45, 7) is 3.80. The SMILES string of the molecule is Cc1ccc(OCC(=O)NNC(=O)CCc2ccc(-c3ccccc3)o2)cc1C. The lowest BCUT2D eigenvalue weighted by Crippen LogP contribution is -2.43. The fraction of sp³-hybridized carbons (Fsp3) is 0.217. The number of benzene rings is 2. The van der Waals surface area contributed by atoms with Gasteiger partial charge in [-0.2, -0.15) is 0 Å². The van der Waals surface area contributed by atoms with Crippen molar-refractivity contribution in [1.82, 2.24) is 10.9 Å². The number of amides is 2. The summed E-state index contributed by atoms with van der Waals surface area (Å²) < 4.78 is 11.2. The van der Waals surface area contributed by atoms with Gasteiger partial charge in [-0.25, -0.2) is 0 Å². The van der Waals surface area contributed by atoms with Gasteiger partial charge in [-0.1, -0.05) is 36.4 Å². The van der Waals surface area contributed by atoms with Crippen molar-refractivity contribution in [1.29, 1.82) is 0 Å². The van der Waals surface area contributed by atoms with Crippen molar-refractivity contribution in [2.75, 3.05) is 6.61 Å². The summed E-state index contributed by atoms with van der Waals surface area (Å²) in [6.07, 6.45) is 0.633. The van der Waals surface area contributed by atoms with E-state index in [0.717, 1.165) is 22.5 Å². The molecule has 0 aliphatic heterocycles. The molecule has 0 aliphatic carbocycles. The van der Waals surface area contributed by atoms with Gasteiger partial charge in [0.15, 0.2) is 6.61 Å². The Morgan fingerprint density at radius 3 is 2.41 bits per heavy atom. The van der Waals surface area contributed by atoms with E-state index >= 15 is 0 Å². The highest BCUT2D eigenvalue weighted by atomic mass is 16.5. The number of hydrogen-bond donors (Lipinski definition) is 2. The van der Waals surface area contributed by atoms with Crippen molar-refractivity contribution in [2.45, 2.75) is 26.7 Å². The summed E-state index contributed by atoms with van der Waals surface area (Å²) >= 11 is 0. The molecule has 2 N–H and O–H groups in total. The second-order valence-electron chi connectivity index (χ2n) is 6.76. The molecule has 0 spiro atoms. The van der Waals surface area contributed by atoms with E-state index in [4.69, 9.17) is 9.15 Å². The first-order chi connectivity index (χ1) is 14.0. The molecule has 3 aromatic rings. The number of rotatable bonds is 7. The summed E-state index contributed by atoms with van der Waals surface area (Å²) in [6, 6.07) is 19.1. The molecule has 3 rings (SSSR count). The minimum absolute atomic E-state index is 0.179. The van der Waals surface area contributed by atoms with Crippen LogP contribution in [-0.2, 0) is 16.0 Å². The molecule has 6 heteroatoms. The van der Waals surface area contributed by atoms with Crippen molar-refractivity contribution in [3.05, 3.63) is 77.6 Å². The van der Waals surface area contributed by atoms with Crippen LogP contribution < -0.4 is 15.6 Å². The predicted molar refractivity (Wildman–Crippen MR) is 110 cm³/mol. The number of furan rings is 1. The first-order valence-corrected chi connectivity index (χ1v) is 9.43. The van der Waals surface area contributed by atoms with Gasteiger partial charge in [0.25, 0.3) is 5.91 Å². The van der Waals surface area contributed by atoms with Gasteiger partial charge in [0.2, 0.25) is 5.91 Å². The summed E-state index contributed by atoms with van der Waals surface area (Å²) in [5, 5.41) is 0. The van der Waals surface area contributed by atoms with Crippen LogP contribution in [0.4, 0.5) is 0 Å². The van der Waals surface area contributed by atoms with E-state index in [1.807, 2.05) is 68.4 Å². The first kappa shape index (κ1) is 20.2. The lowest BCUT2D eigenvalue weighted by molar-refractivity contribution is -0.130. The minimum Gasteiger partial charge on any atom is -0.484 e. The summed E-state index contributed by atoms with van der Waals surface area (Å²) in [7, 11) is 0. The highest BCUT2D eigenvalue weighted by molar-refractivity contribution is 5.82. The van der Waals surface area contributed by atoms with E-state index in [-0.39, 0.29) is 18.9 Å². The normalized spacial score (nSPS) is 10.4. The summed E-state index contributed by atoms with van der Waals surface area (Å²) in [4.78, 5) is 23.8. The Morgan fingerprint density at radius 1 is 0.897 bits per heavy atom. The first-order valence-electron chi connectivity index (χ1n) is 9.43. The summed E-state index contributed by atoms with van der Waals surface area (Å²) in [5.41, 5.74) is 7.97. The Kier molecular flexibility index (Phi) is 6.68. The molecule has 0 saturated heterocycles. The topological polar surface area (TPSA) is 80.6 Å². The Balaban J connectivity index is 1.38. The molecule has 0 radical (unpaired) electrons. The molecule has 0 saturated carbocycles. The smallest absolute Gasteiger partial charge is 0.276 e. The largest absolute Gasteiger partial charge is 0.484 e. The van der Waals surface area contributed by atoms with Gasteiger partial charge in [0.05, 0.1) is 0 Å². The maximum Gasteiger partial charge on any atom is 0.276 e. The molecular weight excluding hydrogens is 368 g/mol. The van der Waals surface area contributed by atoms with Crippen molar-refractivity contribution >= 4 is 11.8 Å². The maximum absolute atomic E-state index is 11.9. The van der Waals surface area contributed by atoms with Crippen molar-refractivity contribution in [3.8, 4) is 17.1 Å². The fourth-order valence-corrected chi connectivity index (χ4v) is 2.70. The van der Waals surface area contributed by atoms with Crippen LogP contribution in [0.2, 0.25) is 0 Å². The van der Waals surface area contributed by atoms with Crippen LogP contribution >= 0.6 is 0 Å². The third-order valence-corrected chi connectivity index (χ3v) is 4.51. The van der Waals surface area contributed by atoms with Crippen LogP contribution in [0.3, 0.4) is 0 Å². The number of carbonyl (C=O) groups excluding carboxylic acids is 2. The average molecular weight is 392 g/mol. The molecular formula is C23H24N2O4. The molecule has 0 atom stereocenters. The highest BCUT2D eigenvalue weighted by Gasteiger charge is 2.09. The molecule has 150 valence electrons. The third kappa shape index (κ3) is 5.97. The molecule has 0 fully saturated rings. The number of hydrazine groups is 1.